The van der Waals surface area contributed by atoms with Crippen LogP contribution in [-0.2, 0) is 11.2 Å². The second kappa shape index (κ2) is 8.85. The van der Waals surface area contributed by atoms with Crippen LogP contribution in [0.15, 0.2) is 60.8 Å². The first-order chi connectivity index (χ1) is 15.2. The van der Waals surface area contributed by atoms with E-state index in [0.717, 1.165) is 63.5 Å². The van der Waals surface area contributed by atoms with Crippen molar-refractivity contribution in [2.45, 2.75) is 25.8 Å². The molecule has 0 radical (unpaired) electrons. The average molecular weight is 418 g/mol. The van der Waals surface area contributed by atoms with E-state index in [1.807, 2.05) is 17.0 Å². The van der Waals surface area contributed by atoms with Crippen LogP contribution in [0.4, 0.5) is 11.4 Å². The minimum atomic E-state index is 0.137. The quantitative estimate of drug-likeness (QED) is 0.751. The van der Waals surface area contributed by atoms with Gasteiger partial charge < -0.3 is 14.5 Å². The van der Waals surface area contributed by atoms with Crippen LogP contribution in [-0.4, -0.2) is 61.1 Å². The summed E-state index contributed by atoms with van der Waals surface area (Å²) in [5.74, 6) is 0.786. The molecular weight excluding hydrogens is 386 g/mol. The summed E-state index contributed by atoms with van der Waals surface area (Å²) in [5, 5.41) is 0. The molecule has 0 spiro atoms. The fourth-order valence-corrected chi connectivity index (χ4v) is 5.03. The summed E-state index contributed by atoms with van der Waals surface area (Å²) in [6.45, 7) is 7.71. The Morgan fingerprint density at radius 2 is 1.94 bits per heavy atom. The highest BCUT2D eigenvalue weighted by atomic mass is 16.5. The monoisotopic (exact) mass is 417 g/mol. The van der Waals surface area contributed by atoms with Gasteiger partial charge in [-0.1, -0.05) is 24.3 Å². The number of nitrogens with zero attached hydrogens (tertiary/aromatic N) is 3. The normalized spacial score (nSPS) is 23.8. The Kier molecular flexibility index (Phi) is 5.79. The molecule has 5 nitrogen and oxygen atoms in total. The molecule has 3 heterocycles. The molecule has 0 saturated carbocycles. The second-order valence-electron chi connectivity index (χ2n) is 8.97. The van der Waals surface area contributed by atoms with Crippen molar-refractivity contribution >= 4 is 17.3 Å². The van der Waals surface area contributed by atoms with E-state index in [4.69, 9.17) is 4.74 Å². The molecule has 1 amide bonds. The van der Waals surface area contributed by atoms with E-state index >= 15 is 0 Å². The molecule has 1 unspecified atom stereocenters. The van der Waals surface area contributed by atoms with Gasteiger partial charge in [-0.3, -0.25) is 9.69 Å². The maximum absolute atomic E-state index is 13.2. The third kappa shape index (κ3) is 4.25. The molecule has 0 aromatic heterocycles. The van der Waals surface area contributed by atoms with Gasteiger partial charge in [0.15, 0.2) is 0 Å². The van der Waals surface area contributed by atoms with Crippen molar-refractivity contribution < 1.29 is 9.53 Å². The SMILES string of the molecule is C[C@@H]1CN(CC2CCOC2)CCN1C(=O)c1ccc(N2C=CCc3ccccc32)cc1. The Morgan fingerprint density at radius 3 is 2.71 bits per heavy atom. The van der Waals surface area contributed by atoms with Gasteiger partial charge in [0.2, 0.25) is 0 Å². The first kappa shape index (κ1) is 20.3. The lowest BCUT2D eigenvalue weighted by Crippen LogP contribution is -2.54. The molecule has 2 aromatic rings. The third-order valence-electron chi connectivity index (χ3n) is 6.75. The molecule has 2 atom stereocenters. The number of piperazine rings is 1. The summed E-state index contributed by atoms with van der Waals surface area (Å²) in [4.78, 5) is 19.9. The first-order valence-corrected chi connectivity index (χ1v) is 11.4. The van der Waals surface area contributed by atoms with Crippen LogP contribution in [0.25, 0.3) is 0 Å². The molecule has 162 valence electrons. The van der Waals surface area contributed by atoms with Crippen molar-refractivity contribution in [3.8, 4) is 0 Å². The van der Waals surface area contributed by atoms with Crippen molar-refractivity contribution in [1.29, 1.82) is 0 Å². The van der Waals surface area contributed by atoms with Crippen molar-refractivity contribution in [2.24, 2.45) is 5.92 Å². The van der Waals surface area contributed by atoms with E-state index in [2.05, 4.69) is 65.4 Å². The van der Waals surface area contributed by atoms with Gasteiger partial charge in [-0.05, 0) is 61.6 Å². The summed E-state index contributed by atoms with van der Waals surface area (Å²) in [7, 11) is 0. The fourth-order valence-electron chi connectivity index (χ4n) is 5.03. The molecule has 0 bridgehead atoms. The Balaban J connectivity index is 1.24. The lowest BCUT2D eigenvalue weighted by atomic mass is 10.0. The zero-order chi connectivity index (χ0) is 21.2. The van der Waals surface area contributed by atoms with Crippen molar-refractivity contribution in [3.63, 3.8) is 0 Å². The van der Waals surface area contributed by atoms with Crippen molar-refractivity contribution in [1.82, 2.24) is 9.80 Å². The lowest BCUT2D eigenvalue weighted by molar-refractivity contribution is 0.0452. The lowest BCUT2D eigenvalue weighted by Gasteiger charge is -2.40. The summed E-state index contributed by atoms with van der Waals surface area (Å²) < 4.78 is 5.52. The van der Waals surface area contributed by atoms with Gasteiger partial charge in [0.05, 0.1) is 6.61 Å². The van der Waals surface area contributed by atoms with E-state index in [-0.39, 0.29) is 11.9 Å². The predicted octanol–water partition coefficient (Wildman–Crippen LogP) is 4.08. The van der Waals surface area contributed by atoms with Crippen LogP contribution in [0.2, 0.25) is 0 Å². The van der Waals surface area contributed by atoms with E-state index in [0.29, 0.717) is 5.92 Å². The number of fused-ring (bicyclic) bond motifs is 1. The number of amides is 1. The topological polar surface area (TPSA) is 36.0 Å². The Morgan fingerprint density at radius 1 is 1.10 bits per heavy atom. The number of hydrogen-bond acceptors (Lipinski definition) is 4. The number of carbonyl (C=O) groups is 1. The minimum Gasteiger partial charge on any atom is -0.381 e. The standard InChI is InChI=1S/C26H31N3O2/c1-20-17-27(18-21-12-16-31-19-21)14-15-28(20)26(30)23-8-10-24(11-9-23)29-13-4-6-22-5-2-3-7-25(22)29/h2-5,7-11,13,20-21H,6,12,14-19H2,1H3/t20-,21?/m1/s1. The number of rotatable bonds is 4. The van der Waals surface area contributed by atoms with Crippen LogP contribution >= 0.6 is 0 Å². The summed E-state index contributed by atoms with van der Waals surface area (Å²) in [5.41, 5.74) is 4.38. The maximum Gasteiger partial charge on any atom is 0.254 e. The number of hydrogen-bond donors (Lipinski definition) is 0. The molecule has 3 aliphatic rings. The molecule has 3 aliphatic heterocycles. The van der Waals surface area contributed by atoms with Crippen LogP contribution in [0.5, 0.6) is 0 Å². The zero-order valence-electron chi connectivity index (χ0n) is 18.2. The molecule has 2 fully saturated rings. The molecule has 5 rings (SSSR count). The highest BCUT2D eigenvalue weighted by Gasteiger charge is 2.30. The highest BCUT2D eigenvalue weighted by Crippen LogP contribution is 2.32. The molecule has 0 aliphatic carbocycles. The molecule has 31 heavy (non-hydrogen) atoms. The van der Waals surface area contributed by atoms with Gasteiger partial charge in [0, 0.05) is 62.0 Å². The van der Waals surface area contributed by atoms with Gasteiger partial charge in [-0.2, -0.15) is 0 Å². The average Bonchev–Trinajstić information content (AvgIpc) is 3.32. The summed E-state index contributed by atoms with van der Waals surface area (Å²) >= 11 is 0. The number of anilines is 2. The van der Waals surface area contributed by atoms with Crippen LogP contribution in [0.1, 0.15) is 29.3 Å². The number of carbonyl (C=O) groups excluding carboxylic acids is 1. The zero-order valence-corrected chi connectivity index (χ0v) is 18.2. The Hall–Kier alpha value is -2.63. The van der Waals surface area contributed by atoms with Crippen molar-refractivity contribution in [2.75, 3.05) is 44.3 Å². The van der Waals surface area contributed by atoms with Gasteiger partial charge in [-0.25, -0.2) is 0 Å². The highest BCUT2D eigenvalue weighted by molar-refractivity contribution is 5.95. The minimum absolute atomic E-state index is 0.137. The van der Waals surface area contributed by atoms with Gasteiger partial charge >= 0.3 is 0 Å². The number of benzene rings is 2. The maximum atomic E-state index is 13.2. The molecule has 2 aromatic carbocycles. The van der Waals surface area contributed by atoms with E-state index < -0.39 is 0 Å². The van der Waals surface area contributed by atoms with Gasteiger partial charge in [-0.15, -0.1) is 0 Å². The van der Waals surface area contributed by atoms with E-state index in [9.17, 15) is 4.79 Å². The Bertz CT molecular complexity index is 949. The second-order valence-corrected chi connectivity index (χ2v) is 8.97. The molecule has 0 N–H and O–H groups in total. The van der Waals surface area contributed by atoms with Crippen LogP contribution in [0, 0.1) is 5.92 Å². The van der Waals surface area contributed by atoms with Crippen LogP contribution in [0.3, 0.4) is 0 Å². The summed E-state index contributed by atoms with van der Waals surface area (Å²) in [6, 6.07) is 16.8. The Labute approximate surface area is 184 Å². The molecule has 5 heteroatoms. The van der Waals surface area contributed by atoms with Gasteiger partial charge in [0.25, 0.3) is 5.91 Å². The summed E-state index contributed by atoms with van der Waals surface area (Å²) in [6.07, 6.45) is 6.42. The number of allylic oxidation sites excluding steroid dienone is 1. The number of para-hydroxylation sites is 1. The van der Waals surface area contributed by atoms with Gasteiger partial charge in [0.1, 0.15) is 0 Å². The number of ether oxygens (including phenoxy) is 1. The predicted molar refractivity (Wildman–Crippen MR) is 124 cm³/mol. The smallest absolute Gasteiger partial charge is 0.254 e. The van der Waals surface area contributed by atoms with Crippen LogP contribution < -0.4 is 4.90 Å². The van der Waals surface area contributed by atoms with Crippen molar-refractivity contribution in [3.05, 3.63) is 71.9 Å². The largest absolute Gasteiger partial charge is 0.381 e. The molecule has 2 saturated heterocycles. The molecular formula is C26H31N3O2. The van der Waals surface area contributed by atoms with E-state index in [1.165, 1.54) is 11.3 Å². The fraction of sp³-hybridized carbons (Fsp3) is 0.423. The van der Waals surface area contributed by atoms with E-state index in [1.54, 1.807) is 0 Å². The third-order valence-corrected chi connectivity index (χ3v) is 6.75. The first-order valence-electron chi connectivity index (χ1n) is 11.4.